The Hall–Kier alpha value is -1.04. The van der Waals surface area contributed by atoms with Gasteiger partial charge in [-0.2, -0.15) is 0 Å². The van der Waals surface area contributed by atoms with Gasteiger partial charge in [0.25, 0.3) is 0 Å². The molecule has 0 radical (unpaired) electrons. The number of nitrogens with two attached hydrogens (primary N) is 1. The maximum Gasteiger partial charge on any atom is 0.149 e. The Balaban J connectivity index is 2.18. The summed E-state index contributed by atoms with van der Waals surface area (Å²) in [6.45, 7) is 2.93. The van der Waals surface area contributed by atoms with Crippen molar-refractivity contribution in [3.05, 3.63) is 17.3 Å². The highest BCUT2D eigenvalue weighted by molar-refractivity contribution is 6.30. The molecular formula is C11H19ClN4O. The molecular weight excluding hydrogens is 240 g/mol. The van der Waals surface area contributed by atoms with Gasteiger partial charge in [0.15, 0.2) is 0 Å². The van der Waals surface area contributed by atoms with Crippen LogP contribution in [0.4, 0.5) is 11.5 Å². The highest BCUT2D eigenvalue weighted by atomic mass is 35.5. The number of hydrogen-bond donors (Lipinski definition) is 2. The highest BCUT2D eigenvalue weighted by Gasteiger charge is 2.00. The summed E-state index contributed by atoms with van der Waals surface area (Å²) in [6, 6.07) is 1.67. The molecule has 1 aromatic heterocycles. The second kappa shape index (κ2) is 7.32. The quantitative estimate of drug-likeness (QED) is 0.722. The molecule has 0 unspecified atom stereocenters. The first-order valence-electron chi connectivity index (χ1n) is 5.47. The zero-order valence-electron chi connectivity index (χ0n) is 10.2. The summed E-state index contributed by atoms with van der Waals surface area (Å²) in [5.41, 5.74) is 6.29. The van der Waals surface area contributed by atoms with Gasteiger partial charge < -0.3 is 20.7 Å². The second-order valence-corrected chi connectivity index (χ2v) is 4.37. The average molecular weight is 259 g/mol. The first kappa shape index (κ1) is 14.0. The number of likely N-dealkylation sites (N-methyl/N-ethyl adjacent to an activating group) is 1. The molecule has 0 bridgehead atoms. The summed E-state index contributed by atoms with van der Waals surface area (Å²) in [5.74, 6) is 0.644. The second-order valence-electron chi connectivity index (χ2n) is 3.93. The van der Waals surface area contributed by atoms with Crippen LogP contribution in [0.2, 0.25) is 5.02 Å². The van der Waals surface area contributed by atoms with Crippen LogP contribution >= 0.6 is 11.6 Å². The number of nitrogens with one attached hydrogen (secondary N) is 1. The summed E-state index contributed by atoms with van der Waals surface area (Å²) in [5, 5.41) is 3.63. The number of rotatable bonds is 7. The number of anilines is 2. The summed E-state index contributed by atoms with van der Waals surface area (Å²) >= 11 is 5.75. The van der Waals surface area contributed by atoms with E-state index in [1.807, 2.05) is 14.1 Å². The van der Waals surface area contributed by atoms with Crippen molar-refractivity contribution in [2.45, 2.75) is 0 Å². The van der Waals surface area contributed by atoms with E-state index in [2.05, 4.69) is 15.2 Å². The van der Waals surface area contributed by atoms with Gasteiger partial charge in [-0.3, -0.25) is 0 Å². The monoisotopic (exact) mass is 258 g/mol. The fourth-order valence-electron chi connectivity index (χ4n) is 1.19. The van der Waals surface area contributed by atoms with Crippen molar-refractivity contribution in [1.82, 2.24) is 9.88 Å². The van der Waals surface area contributed by atoms with Gasteiger partial charge in [0, 0.05) is 19.3 Å². The third kappa shape index (κ3) is 5.72. The molecule has 5 nitrogen and oxygen atoms in total. The molecule has 0 aliphatic heterocycles. The van der Waals surface area contributed by atoms with E-state index in [-0.39, 0.29) is 0 Å². The minimum Gasteiger partial charge on any atom is -0.396 e. The van der Waals surface area contributed by atoms with Crippen molar-refractivity contribution >= 4 is 23.1 Å². The number of pyridine rings is 1. The Bertz CT molecular complexity index is 346. The number of nitrogen functional groups attached to an aromatic ring is 1. The van der Waals surface area contributed by atoms with Gasteiger partial charge in [0.1, 0.15) is 5.82 Å². The third-order valence-corrected chi connectivity index (χ3v) is 2.31. The maximum atomic E-state index is 5.75. The fraction of sp³-hybridized carbons (Fsp3) is 0.545. The molecule has 0 spiro atoms. The number of nitrogens with zero attached hydrogens (tertiary/aromatic N) is 2. The van der Waals surface area contributed by atoms with Crippen LogP contribution in [0.25, 0.3) is 0 Å². The standard InChI is InChI=1S/C11H19ClN4O/c1-16(2)4-6-17-5-3-14-11-10(13)7-9(12)8-15-11/h7-8H,3-6,13H2,1-2H3,(H,14,15). The van der Waals surface area contributed by atoms with Crippen molar-refractivity contribution in [1.29, 1.82) is 0 Å². The predicted octanol–water partition coefficient (Wildman–Crippen LogP) is 1.31. The van der Waals surface area contributed by atoms with Crippen LogP contribution in [-0.2, 0) is 4.74 Å². The lowest BCUT2D eigenvalue weighted by Gasteiger charge is -2.11. The highest BCUT2D eigenvalue weighted by Crippen LogP contribution is 2.18. The molecule has 0 saturated heterocycles. The molecule has 1 heterocycles. The SMILES string of the molecule is CN(C)CCOCCNc1ncc(Cl)cc1N. The molecule has 0 amide bonds. The zero-order valence-corrected chi connectivity index (χ0v) is 11.0. The van der Waals surface area contributed by atoms with Crippen molar-refractivity contribution in [2.75, 3.05) is 51.4 Å². The summed E-state index contributed by atoms with van der Waals surface area (Å²) in [7, 11) is 4.03. The molecule has 0 atom stereocenters. The molecule has 1 rings (SSSR count). The van der Waals surface area contributed by atoms with Gasteiger partial charge in [-0.15, -0.1) is 0 Å². The smallest absolute Gasteiger partial charge is 0.149 e. The van der Waals surface area contributed by atoms with E-state index >= 15 is 0 Å². The molecule has 0 fully saturated rings. The van der Waals surface area contributed by atoms with E-state index in [0.29, 0.717) is 29.7 Å². The van der Waals surface area contributed by atoms with E-state index in [1.165, 1.54) is 0 Å². The number of hydrogen-bond acceptors (Lipinski definition) is 5. The van der Waals surface area contributed by atoms with E-state index in [0.717, 1.165) is 13.2 Å². The van der Waals surface area contributed by atoms with Gasteiger partial charge in [-0.1, -0.05) is 11.6 Å². The summed E-state index contributed by atoms with van der Waals surface area (Å²) in [6.07, 6.45) is 1.56. The Labute approximate surface area is 107 Å². The van der Waals surface area contributed by atoms with Gasteiger partial charge >= 0.3 is 0 Å². The summed E-state index contributed by atoms with van der Waals surface area (Å²) in [4.78, 5) is 6.17. The van der Waals surface area contributed by atoms with Crippen LogP contribution in [0, 0.1) is 0 Å². The molecule has 0 aromatic carbocycles. The Morgan fingerprint density at radius 1 is 1.47 bits per heavy atom. The average Bonchev–Trinajstić information content (AvgIpc) is 2.25. The van der Waals surface area contributed by atoms with Crippen molar-refractivity contribution < 1.29 is 4.74 Å². The Morgan fingerprint density at radius 2 is 2.24 bits per heavy atom. The molecule has 1 aromatic rings. The van der Waals surface area contributed by atoms with Crippen molar-refractivity contribution in [2.24, 2.45) is 0 Å². The molecule has 0 aliphatic carbocycles. The molecule has 96 valence electrons. The first-order valence-corrected chi connectivity index (χ1v) is 5.85. The van der Waals surface area contributed by atoms with Crippen LogP contribution in [0.5, 0.6) is 0 Å². The lowest BCUT2D eigenvalue weighted by molar-refractivity contribution is 0.126. The minimum absolute atomic E-state index is 0.537. The van der Waals surface area contributed by atoms with E-state index in [1.54, 1.807) is 12.3 Å². The van der Waals surface area contributed by atoms with Crippen LogP contribution < -0.4 is 11.1 Å². The predicted molar refractivity (Wildman–Crippen MR) is 71.5 cm³/mol. The third-order valence-electron chi connectivity index (χ3n) is 2.11. The molecule has 6 heteroatoms. The largest absolute Gasteiger partial charge is 0.396 e. The summed E-state index contributed by atoms with van der Waals surface area (Å²) < 4.78 is 5.43. The van der Waals surface area contributed by atoms with Crippen LogP contribution in [-0.4, -0.2) is 50.3 Å². The topological polar surface area (TPSA) is 63.4 Å². The van der Waals surface area contributed by atoms with Crippen LogP contribution in [0.15, 0.2) is 12.3 Å². The zero-order chi connectivity index (χ0) is 12.7. The van der Waals surface area contributed by atoms with Crippen LogP contribution in [0.3, 0.4) is 0 Å². The fourth-order valence-corrected chi connectivity index (χ4v) is 1.36. The lowest BCUT2D eigenvalue weighted by Crippen LogP contribution is -2.20. The van der Waals surface area contributed by atoms with E-state index in [9.17, 15) is 0 Å². The van der Waals surface area contributed by atoms with Gasteiger partial charge in [0.05, 0.1) is 23.9 Å². The number of ether oxygens (including phenoxy) is 1. The molecule has 0 aliphatic rings. The first-order chi connectivity index (χ1) is 8.09. The van der Waals surface area contributed by atoms with E-state index < -0.39 is 0 Å². The molecule has 3 N–H and O–H groups in total. The normalized spacial score (nSPS) is 10.8. The lowest BCUT2D eigenvalue weighted by atomic mass is 10.4. The minimum atomic E-state index is 0.537. The van der Waals surface area contributed by atoms with Gasteiger partial charge in [-0.05, 0) is 20.2 Å². The molecule has 0 saturated carbocycles. The van der Waals surface area contributed by atoms with Gasteiger partial charge in [0.2, 0.25) is 0 Å². The van der Waals surface area contributed by atoms with Crippen LogP contribution in [0.1, 0.15) is 0 Å². The Morgan fingerprint density at radius 3 is 2.88 bits per heavy atom. The van der Waals surface area contributed by atoms with E-state index in [4.69, 9.17) is 22.1 Å². The Kier molecular flexibility index (Phi) is 6.04. The number of halogens is 1. The maximum absolute atomic E-state index is 5.75. The number of aromatic nitrogens is 1. The van der Waals surface area contributed by atoms with Crippen molar-refractivity contribution in [3.63, 3.8) is 0 Å². The van der Waals surface area contributed by atoms with Gasteiger partial charge in [-0.25, -0.2) is 4.98 Å². The van der Waals surface area contributed by atoms with Crippen molar-refractivity contribution in [3.8, 4) is 0 Å². The molecule has 17 heavy (non-hydrogen) atoms.